The summed E-state index contributed by atoms with van der Waals surface area (Å²) in [5, 5.41) is 30.1. The molecule has 0 bridgehead atoms. The molecule has 100 valence electrons. The van der Waals surface area contributed by atoms with Gasteiger partial charge in [-0.2, -0.15) is 5.26 Å². The first-order chi connectivity index (χ1) is 8.89. The Bertz CT molecular complexity index is 559. The van der Waals surface area contributed by atoms with Crippen molar-refractivity contribution < 1.29 is 10.0 Å². The molecular formula is C12H14N4O3. The minimum Gasteiger partial charge on any atom is -0.386 e. The molecule has 7 nitrogen and oxygen atoms in total. The van der Waals surface area contributed by atoms with Gasteiger partial charge < -0.3 is 10.0 Å². The number of anilines is 1. The van der Waals surface area contributed by atoms with Crippen molar-refractivity contribution >= 4 is 11.5 Å². The Morgan fingerprint density at radius 2 is 2.26 bits per heavy atom. The molecule has 1 N–H and O–H groups in total. The van der Waals surface area contributed by atoms with Crippen molar-refractivity contribution in [1.29, 1.82) is 5.26 Å². The van der Waals surface area contributed by atoms with Crippen LogP contribution in [0.5, 0.6) is 0 Å². The maximum absolute atomic E-state index is 11.1. The highest BCUT2D eigenvalue weighted by Gasteiger charge is 2.46. The first-order valence-corrected chi connectivity index (χ1v) is 5.90. The predicted molar refractivity (Wildman–Crippen MR) is 67.6 cm³/mol. The predicted octanol–water partition coefficient (Wildman–Crippen LogP) is 1.07. The molecule has 1 aromatic heterocycles. The fraction of sp³-hybridized carbons (Fsp3) is 0.500. The lowest BCUT2D eigenvalue weighted by Crippen LogP contribution is -2.65. The Kier molecular flexibility index (Phi) is 3.12. The Hall–Kier alpha value is -2.20. The normalized spacial score (nSPS) is 16.9. The van der Waals surface area contributed by atoms with Gasteiger partial charge in [0.1, 0.15) is 17.2 Å². The van der Waals surface area contributed by atoms with Gasteiger partial charge in [0.2, 0.25) is 5.82 Å². The molecule has 0 amide bonds. The second-order valence-electron chi connectivity index (χ2n) is 5.01. The second kappa shape index (κ2) is 4.48. The summed E-state index contributed by atoms with van der Waals surface area (Å²) in [7, 11) is 0. The Morgan fingerprint density at radius 3 is 2.74 bits per heavy atom. The summed E-state index contributed by atoms with van der Waals surface area (Å²) in [5.74, 6) is 0.205. The van der Waals surface area contributed by atoms with Gasteiger partial charge in [-0.3, -0.25) is 10.1 Å². The van der Waals surface area contributed by atoms with Gasteiger partial charge in [-0.05, 0) is 12.0 Å². The Balaban J connectivity index is 2.34. The summed E-state index contributed by atoms with van der Waals surface area (Å²) < 4.78 is 0. The number of pyridine rings is 1. The highest BCUT2D eigenvalue weighted by molar-refractivity contribution is 5.66. The number of hydrogen-bond donors (Lipinski definition) is 1. The standard InChI is InChI=1S/C12H14N4O3/c1-8(2)12(17)6-15(7-12)11-10(16(18)19)9(5-13)3-4-14-11/h3-4,8,17H,6-7H2,1-2H3. The first kappa shape index (κ1) is 13.2. The molecule has 0 spiro atoms. The van der Waals surface area contributed by atoms with E-state index in [-0.39, 0.29) is 36.1 Å². The van der Waals surface area contributed by atoms with E-state index in [9.17, 15) is 15.2 Å². The van der Waals surface area contributed by atoms with Gasteiger partial charge in [0, 0.05) is 6.20 Å². The van der Waals surface area contributed by atoms with Crippen molar-refractivity contribution in [3.63, 3.8) is 0 Å². The number of nitro groups is 1. The summed E-state index contributed by atoms with van der Waals surface area (Å²) in [4.78, 5) is 16.1. The zero-order valence-electron chi connectivity index (χ0n) is 10.7. The van der Waals surface area contributed by atoms with E-state index >= 15 is 0 Å². The van der Waals surface area contributed by atoms with Crippen LogP contribution in [0.4, 0.5) is 11.5 Å². The van der Waals surface area contributed by atoms with E-state index in [0.29, 0.717) is 0 Å². The van der Waals surface area contributed by atoms with Crippen LogP contribution in [0.15, 0.2) is 12.3 Å². The SMILES string of the molecule is CC(C)C1(O)CN(c2nccc(C#N)c2[N+](=O)[O-])C1. The Morgan fingerprint density at radius 1 is 1.63 bits per heavy atom. The first-order valence-electron chi connectivity index (χ1n) is 5.90. The summed E-state index contributed by atoms with van der Waals surface area (Å²) in [5.41, 5.74) is -1.16. The van der Waals surface area contributed by atoms with E-state index in [2.05, 4.69) is 4.98 Å². The second-order valence-corrected chi connectivity index (χ2v) is 5.01. The minimum absolute atomic E-state index is 0.0185. The minimum atomic E-state index is -0.849. The van der Waals surface area contributed by atoms with E-state index in [1.807, 2.05) is 13.8 Å². The van der Waals surface area contributed by atoms with Crippen molar-refractivity contribution in [2.24, 2.45) is 5.92 Å². The third kappa shape index (κ3) is 2.11. The topological polar surface area (TPSA) is 103 Å². The quantitative estimate of drug-likeness (QED) is 0.645. The van der Waals surface area contributed by atoms with Gasteiger partial charge in [-0.25, -0.2) is 4.98 Å². The molecule has 0 aromatic carbocycles. The summed E-state index contributed by atoms with van der Waals surface area (Å²) in [6, 6.07) is 3.11. The van der Waals surface area contributed by atoms with E-state index in [1.165, 1.54) is 12.3 Å². The molecule has 2 heterocycles. The van der Waals surface area contributed by atoms with Crippen LogP contribution in [0.25, 0.3) is 0 Å². The number of aliphatic hydroxyl groups is 1. The van der Waals surface area contributed by atoms with Crippen LogP contribution in [0, 0.1) is 27.4 Å². The zero-order chi connectivity index (χ0) is 14.2. The third-order valence-electron chi connectivity index (χ3n) is 3.51. The van der Waals surface area contributed by atoms with Gasteiger partial charge >= 0.3 is 5.69 Å². The number of hydrogen-bond acceptors (Lipinski definition) is 6. The maximum Gasteiger partial charge on any atom is 0.329 e. The van der Waals surface area contributed by atoms with Crippen molar-refractivity contribution in [3.8, 4) is 6.07 Å². The molecule has 7 heteroatoms. The highest BCUT2D eigenvalue weighted by Crippen LogP contribution is 2.37. The van der Waals surface area contributed by atoms with Gasteiger partial charge in [-0.15, -0.1) is 0 Å². The lowest BCUT2D eigenvalue weighted by Gasteiger charge is -2.49. The fourth-order valence-electron chi connectivity index (χ4n) is 2.07. The van der Waals surface area contributed by atoms with Gasteiger partial charge in [0.15, 0.2) is 0 Å². The van der Waals surface area contributed by atoms with Crippen molar-refractivity contribution in [2.45, 2.75) is 19.4 Å². The van der Waals surface area contributed by atoms with Crippen LogP contribution >= 0.6 is 0 Å². The average Bonchev–Trinajstić information content (AvgIpc) is 2.33. The number of aromatic nitrogens is 1. The van der Waals surface area contributed by atoms with Gasteiger partial charge in [0.25, 0.3) is 0 Å². The van der Waals surface area contributed by atoms with Crippen LogP contribution in [0.3, 0.4) is 0 Å². The largest absolute Gasteiger partial charge is 0.386 e. The smallest absolute Gasteiger partial charge is 0.329 e. The third-order valence-corrected chi connectivity index (χ3v) is 3.51. The van der Waals surface area contributed by atoms with Crippen molar-refractivity contribution in [1.82, 2.24) is 4.98 Å². The molecule has 1 fully saturated rings. The molecule has 1 aromatic rings. The van der Waals surface area contributed by atoms with E-state index < -0.39 is 10.5 Å². The zero-order valence-corrected chi connectivity index (χ0v) is 10.7. The maximum atomic E-state index is 11.1. The molecule has 19 heavy (non-hydrogen) atoms. The molecule has 1 aliphatic rings. The average molecular weight is 262 g/mol. The fourth-order valence-corrected chi connectivity index (χ4v) is 2.07. The van der Waals surface area contributed by atoms with Crippen LogP contribution in [-0.4, -0.2) is 33.7 Å². The van der Waals surface area contributed by atoms with Crippen LogP contribution in [-0.2, 0) is 0 Å². The van der Waals surface area contributed by atoms with Crippen LogP contribution in [0.1, 0.15) is 19.4 Å². The van der Waals surface area contributed by atoms with Crippen LogP contribution < -0.4 is 4.90 Å². The number of nitriles is 1. The lowest BCUT2D eigenvalue weighted by molar-refractivity contribution is -0.384. The Labute approximate surface area is 110 Å². The van der Waals surface area contributed by atoms with E-state index in [1.54, 1.807) is 11.0 Å². The van der Waals surface area contributed by atoms with Gasteiger partial charge in [-0.1, -0.05) is 13.8 Å². The molecule has 0 atom stereocenters. The number of nitrogens with zero attached hydrogens (tertiary/aromatic N) is 4. The molecule has 0 aliphatic carbocycles. The van der Waals surface area contributed by atoms with Gasteiger partial charge in [0.05, 0.1) is 18.0 Å². The van der Waals surface area contributed by atoms with Crippen molar-refractivity contribution in [3.05, 3.63) is 27.9 Å². The molecule has 0 unspecified atom stereocenters. The summed E-state index contributed by atoms with van der Waals surface area (Å²) in [6.07, 6.45) is 1.37. The molecule has 0 saturated carbocycles. The molecule has 2 rings (SSSR count). The van der Waals surface area contributed by atoms with E-state index in [0.717, 1.165) is 0 Å². The molecular weight excluding hydrogens is 248 g/mol. The number of rotatable bonds is 3. The molecule has 0 radical (unpaired) electrons. The van der Waals surface area contributed by atoms with E-state index in [4.69, 9.17) is 5.26 Å². The van der Waals surface area contributed by atoms with Crippen LogP contribution in [0.2, 0.25) is 0 Å². The molecule has 1 aliphatic heterocycles. The summed E-state index contributed by atoms with van der Waals surface area (Å²) >= 11 is 0. The number of β-amino-alcohol motifs (C(OH)–C–C–N with tert-alkyl or cyclic N) is 1. The lowest BCUT2D eigenvalue weighted by atomic mass is 9.83. The van der Waals surface area contributed by atoms with Crippen molar-refractivity contribution in [2.75, 3.05) is 18.0 Å². The monoisotopic (exact) mass is 262 g/mol. The molecule has 1 saturated heterocycles. The highest BCUT2D eigenvalue weighted by atomic mass is 16.6. The summed E-state index contributed by atoms with van der Waals surface area (Å²) in [6.45, 7) is 4.36.